The molecule has 1 aromatic rings. The second-order valence-corrected chi connectivity index (χ2v) is 6.21. The molecule has 3 unspecified atom stereocenters. The normalized spacial score (nSPS) is 25.2. The van der Waals surface area contributed by atoms with E-state index in [0.29, 0.717) is 5.92 Å². The number of hydrogen-bond donors (Lipinski definition) is 1. The molecule has 0 spiro atoms. The fourth-order valence-electron chi connectivity index (χ4n) is 2.76. The summed E-state index contributed by atoms with van der Waals surface area (Å²) in [5.41, 5.74) is 1.03. The van der Waals surface area contributed by atoms with Crippen molar-refractivity contribution in [3.8, 4) is 6.07 Å². The highest BCUT2D eigenvalue weighted by molar-refractivity contribution is 9.10. The Morgan fingerprint density at radius 1 is 1.33 bits per heavy atom. The smallest absolute Gasteiger partial charge is 0.117 e. The SMILES string of the molecule is CC1CCCC(C(C#N)Nc2ccc(Br)cc2)C1. The number of anilines is 1. The van der Waals surface area contributed by atoms with Crippen LogP contribution in [0.15, 0.2) is 28.7 Å². The molecular weight excluding hydrogens is 288 g/mol. The summed E-state index contributed by atoms with van der Waals surface area (Å²) < 4.78 is 1.06. The zero-order valence-corrected chi connectivity index (χ0v) is 12.3. The molecule has 1 saturated carbocycles. The fourth-order valence-corrected chi connectivity index (χ4v) is 3.03. The van der Waals surface area contributed by atoms with Gasteiger partial charge in [0.15, 0.2) is 0 Å². The van der Waals surface area contributed by atoms with E-state index in [0.717, 1.165) is 16.1 Å². The minimum absolute atomic E-state index is 0.0612. The first kappa shape index (κ1) is 13.4. The molecule has 1 aliphatic carbocycles. The Balaban J connectivity index is 2.01. The predicted octanol–water partition coefficient (Wildman–Crippen LogP) is 4.58. The van der Waals surface area contributed by atoms with Gasteiger partial charge in [0, 0.05) is 10.2 Å². The van der Waals surface area contributed by atoms with E-state index in [1.807, 2.05) is 24.3 Å². The van der Waals surface area contributed by atoms with E-state index >= 15 is 0 Å². The van der Waals surface area contributed by atoms with Crippen LogP contribution >= 0.6 is 15.9 Å². The van der Waals surface area contributed by atoms with Crippen molar-refractivity contribution in [2.75, 3.05) is 5.32 Å². The van der Waals surface area contributed by atoms with Crippen LogP contribution in [0.4, 0.5) is 5.69 Å². The maximum absolute atomic E-state index is 9.36. The lowest BCUT2D eigenvalue weighted by Gasteiger charge is -2.30. The van der Waals surface area contributed by atoms with Crippen molar-refractivity contribution >= 4 is 21.6 Å². The van der Waals surface area contributed by atoms with Crippen molar-refractivity contribution in [1.82, 2.24) is 0 Å². The lowest BCUT2D eigenvalue weighted by atomic mass is 9.79. The van der Waals surface area contributed by atoms with Crippen LogP contribution in [-0.2, 0) is 0 Å². The summed E-state index contributed by atoms with van der Waals surface area (Å²) >= 11 is 3.42. The monoisotopic (exact) mass is 306 g/mol. The number of hydrogen-bond acceptors (Lipinski definition) is 2. The molecule has 2 rings (SSSR count). The van der Waals surface area contributed by atoms with E-state index < -0.39 is 0 Å². The molecule has 96 valence electrons. The van der Waals surface area contributed by atoms with Crippen LogP contribution in [-0.4, -0.2) is 6.04 Å². The molecule has 0 bridgehead atoms. The van der Waals surface area contributed by atoms with Crippen molar-refractivity contribution in [2.45, 2.75) is 38.6 Å². The van der Waals surface area contributed by atoms with Gasteiger partial charge in [-0.1, -0.05) is 35.7 Å². The Kier molecular flexibility index (Phi) is 4.66. The minimum Gasteiger partial charge on any atom is -0.370 e. The zero-order valence-electron chi connectivity index (χ0n) is 10.7. The number of nitrogens with zero attached hydrogens (tertiary/aromatic N) is 1. The van der Waals surface area contributed by atoms with Crippen LogP contribution in [0.1, 0.15) is 32.6 Å². The predicted molar refractivity (Wildman–Crippen MR) is 78.3 cm³/mol. The Bertz CT molecular complexity index is 421. The molecule has 3 atom stereocenters. The van der Waals surface area contributed by atoms with Gasteiger partial charge in [0.2, 0.25) is 0 Å². The lowest BCUT2D eigenvalue weighted by Crippen LogP contribution is -2.31. The van der Waals surface area contributed by atoms with Gasteiger partial charge in [-0.2, -0.15) is 5.26 Å². The fraction of sp³-hybridized carbons (Fsp3) is 0.533. The standard InChI is InChI=1S/C15H19BrN2/c1-11-3-2-4-12(9-11)15(10-17)18-14-7-5-13(16)6-8-14/h5-8,11-12,15,18H,2-4,9H2,1H3. The number of benzene rings is 1. The van der Waals surface area contributed by atoms with Gasteiger partial charge in [-0.05, 0) is 48.9 Å². The molecule has 2 nitrogen and oxygen atoms in total. The zero-order chi connectivity index (χ0) is 13.0. The van der Waals surface area contributed by atoms with Crippen LogP contribution in [0.2, 0.25) is 0 Å². The van der Waals surface area contributed by atoms with Crippen molar-refractivity contribution in [3.05, 3.63) is 28.7 Å². The maximum Gasteiger partial charge on any atom is 0.117 e. The van der Waals surface area contributed by atoms with Crippen LogP contribution in [0.25, 0.3) is 0 Å². The second kappa shape index (κ2) is 6.24. The maximum atomic E-state index is 9.36. The summed E-state index contributed by atoms with van der Waals surface area (Å²) in [7, 11) is 0. The molecule has 0 aromatic heterocycles. The van der Waals surface area contributed by atoms with Crippen molar-refractivity contribution in [1.29, 1.82) is 5.26 Å². The number of rotatable bonds is 3. The minimum atomic E-state index is -0.0612. The summed E-state index contributed by atoms with van der Waals surface area (Å²) in [5, 5.41) is 12.7. The van der Waals surface area contributed by atoms with E-state index in [9.17, 15) is 5.26 Å². The van der Waals surface area contributed by atoms with E-state index in [1.54, 1.807) is 0 Å². The Morgan fingerprint density at radius 3 is 2.67 bits per heavy atom. The first-order valence-corrected chi connectivity index (χ1v) is 7.40. The summed E-state index contributed by atoms with van der Waals surface area (Å²) in [5.74, 6) is 1.24. The van der Waals surface area contributed by atoms with Crippen LogP contribution in [0.3, 0.4) is 0 Å². The van der Waals surface area contributed by atoms with Gasteiger partial charge in [-0.15, -0.1) is 0 Å². The summed E-state index contributed by atoms with van der Waals surface area (Å²) in [6, 6.07) is 10.4. The van der Waals surface area contributed by atoms with Gasteiger partial charge >= 0.3 is 0 Å². The average Bonchev–Trinajstić information content (AvgIpc) is 2.38. The van der Waals surface area contributed by atoms with E-state index in [2.05, 4.69) is 34.2 Å². The summed E-state index contributed by atoms with van der Waals surface area (Å²) in [6.45, 7) is 2.29. The van der Waals surface area contributed by atoms with Crippen molar-refractivity contribution < 1.29 is 0 Å². The average molecular weight is 307 g/mol. The molecule has 0 heterocycles. The van der Waals surface area contributed by atoms with Crippen LogP contribution in [0.5, 0.6) is 0 Å². The lowest BCUT2D eigenvalue weighted by molar-refractivity contribution is 0.274. The molecule has 1 N–H and O–H groups in total. The number of nitriles is 1. The number of nitrogens with one attached hydrogen (secondary N) is 1. The quantitative estimate of drug-likeness (QED) is 0.887. The molecule has 0 radical (unpaired) electrons. The Hall–Kier alpha value is -1.01. The molecular formula is C15H19BrN2. The third-order valence-electron chi connectivity index (χ3n) is 3.75. The van der Waals surface area contributed by atoms with E-state index in [-0.39, 0.29) is 6.04 Å². The highest BCUT2D eigenvalue weighted by atomic mass is 79.9. The number of halogens is 1. The molecule has 0 saturated heterocycles. The highest BCUT2D eigenvalue weighted by Gasteiger charge is 2.26. The third kappa shape index (κ3) is 3.49. The molecule has 0 amide bonds. The first-order valence-electron chi connectivity index (χ1n) is 6.60. The highest BCUT2D eigenvalue weighted by Crippen LogP contribution is 2.32. The van der Waals surface area contributed by atoms with Crippen molar-refractivity contribution in [2.24, 2.45) is 11.8 Å². The van der Waals surface area contributed by atoms with E-state index in [4.69, 9.17) is 0 Å². The molecule has 1 fully saturated rings. The van der Waals surface area contributed by atoms with Gasteiger partial charge in [0.1, 0.15) is 6.04 Å². The van der Waals surface area contributed by atoms with Gasteiger partial charge in [-0.25, -0.2) is 0 Å². The molecule has 1 aliphatic rings. The van der Waals surface area contributed by atoms with Gasteiger partial charge < -0.3 is 5.32 Å². The molecule has 0 aliphatic heterocycles. The van der Waals surface area contributed by atoms with Crippen molar-refractivity contribution in [3.63, 3.8) is 0 Å². The Labute approximate surface area is 118 Å². The Morgan fingerprint density at radius 2 is 2.06 bits per heavy atom. The van der Waals surface area contributed by atoms with Crippen LogP contribution in [0, 0.1) is 23.2 Å². The topological polar surface area (TPSA) is 35.8 Å². The largest absolute Gasteiger partial charge is 0.370 e. The van der Waals surface area contributed by atoms with Gasteiger partial charge in [0.25, 0.3) is 0 Å². The van der Waals surface area contributed by atoms with E-state index in [1.165, 1.54) is 25.7 Å². The summed E-state index contributed by atoms with van der Waals surface area (Å²) in [4.78, 5) is 0. The van der Waals surface area contributed by atoms with Gasteiger partial charge in [-0.3, -0.25) is 0 Å². The summed E-state index contributed by atoms with van der Waals surface area (Å²) in [6.07, 6.45) is 4.91. The molecule has 3 heteroatoms. The van der Waals surface area contributed by atoms with Crippen LogP contribution < -0.4 is 5.32 Å². The molecule has 1 aromatic carbocycles. The first-order chi connectivity index (χ1) is 8.69. The third-order valence-corrected chi connectivity index (χ3v) is 4.28. The molecule has 18 heavy (non-hydrogen) atoms. The van der Waals surface area contributed by atoms with Gasteiger partial charge in [0.05, 0.1) is 6.07 Å². The second-order valence-electron chi connectivity index (χ2n) is 5.29.